The van der Waals surface area contributed by atoms with Crippen molar-refractivity contribution in [2.45, 2.75) is 62.2 Å². The van der Waals surface area contributed by atoms with E-state index < -0.39 is 29.7 Å². The van der Waals surface area contributed by atoms with Crippen molar-refractivity contribution < 1.29 is 52.8 Å². The number of hydrogen-bond donors (Lipinski definition) is 4. The maximum absolute atomic E-state index is 13.3. The Bertz CT molecular complexity index is 2510. The average molecular weight is 882 g/mol. The van der Waals surface area contributed by atoms with E-state index >= 15 is 0 Å². The molecule has 64 heavy (non-hydrogen) atoms. The smallest absolute Gasteiger partial charge is 0.290 e. The third kappa shape index (κ3) is 8.78. The Morgan fingerprint density at radius 2 is 1.66 bits per heavy atom. The second-order valence-corrected chi connectivity index (χ2v) is 16.4. The fourth-order valence-corrected chi connectivity index (χ4v) is 9.28. The highest BCUT2D eigenvalue weighted by Crippen LogP contribution is 2.63. The SMILES string of the molecule is COc1cc(-c2cn(C)c(=O)c3cnccc23)cc(OC)c1CN(C)C12CC(NC(=O)CCOCCOCCNc3cccc4c3C(=O)N(C3CCC(=O)NC3=O)C4=O)(C1)C2.O=CO. The van der Waals surface area contributed by atoms with Gasteiger partial charge in [-0.05, 0) is 74.0 Å². The number of fused-ring (bicyclic) bond motifs is 2. The summed E-state index contributed by atoms with van der Waals surface area (Å²) in [6.07, 6.45) is 8.00. The van der Waals surface area contributed by atoms with Crippen molar-refractivity contribution in [2.24, 2.45) is 7.05 Å². The van der Waals surface area contributed by atoms with E-state index in [0.717, 1.165) is 46.2 Å². The summed E-state index contributed by atoms with van der Waals surface area (Å²) < 4.78 is 24.7. The fourth-order valence-electron chi connectivity index (χ4n) is 9.28. The van der Waals surface area contributed by atoms with E-state index in [4.69, 9.17) is 28.8 Å². The molecule has 19 nitrogen and oxygen atoms in total. The highest BCUT2D eigenvalue weighted by Gasteiger charge is 2.70. The van der Waals surface area contributed by atoms with E-state index in [1.165, 1.54) is 0 Å². The van der Waals surface area contributed by atoms with Gasteiger partial charge in [0.25, 0.3) is 23.8 Å². The Labute approximate surface area is 368 Å². The Balaban J connectivity index is 0.00000199. The highest BCUT2D eigenvalue weighted by atomic mass is 16.5. The minimum Gasteiger partial charge on any atom is -0.496 e. The number of piperidine rings is 1. The van der Waals surface area contributed by atoms with E-state index in [-0.39, 0.29) is 66.0 Å². The molecule has 19 heteroatoms. The Morgan fingerprint density at radius 3 is 2.33 bits per heavy atom. The standard InChI is InChI=1S/C44H49N7O10.CH2O2/c1-49-21-30(27-10-12-45-20-29(27)40(49)55)26-18-34(58-3)31(35(19-26)59-4)22-50(2)44-23-43(24-44,25-44)48-37(53)11-14-60-16-17-61-15-13-46-32-7-5-6-28-38(32)42(57)51(41(28)56)33-8-9-36(52)47-39(33)54;2-1-3/h5-7,10,12,18-21,33,46H,8-9,11,13-17,22-25H2,1-4H3,(H,48,53)(H,47,52,54);1H,(H,2,3). The van der Waals surface area contributed by atoms with E-state index in [2.05, 4.69) is 32.9 Å². The summed E-state index contributed by atoms with van der Waals surface area (Å²) in [5, 5.41) is 16.8. The number of aryl methyl sites for hydroxylation is 1. The number of amides is 5. The Kier molecular flexibility index (Phi) is 13.4. The molecule has 338 valence electrons. The minimum atomic E-state index is -1.03. The number of ether oxygens (including phenoxy) is 4. The number of pyridine rings is 2. The number of hydrogen-bond acceptors (Lipinski definition) is 14. The van der Waals surface area contributed by atoms with Gasteiger partial charge >= 0.3 is 0 Å². The van der Waals surface area contributed by atoms with E-state index in [9.17, 15) is 28.8 Å². The van der Waals surface area contributed by atoms with Crippen LogP contribution in [0.5, 0.6) is 11.5 Å². The van der Waals surface area contributed by atoms with E-state index in [1.807, 2.05) is 24.4 Å². The van der Waals surface area contributed by atoms with Crippen molar-refractivity contribution in [3.8, 4) is 22.6 Å². The van der Waals surface area contributed by atoms with Gasteiger partial charge in [0.05, 0.1) is 62.7 Å². The van der Waals surface area contributed by atoms with Crippen molar-refractivity contribution in [1.29, 1.82) is 0 Å². The second kappa shape index (κ2) is 19.0. The number of nitrogens with one attached hydrogen (secondary N) is 3. The molecular weight excluding hydrogens is 831 g/mol. The number of carbonyl (C=O) groups is 6. The fraction of sp³-hybridized carbons (Fsp3) is 0.422. The summed E-state index contributed by atoms with van der Waals surface area (Å²) in [5.41, 5.74) is 3.13. The van der Waals surface area contributed by atoms with Crippen LogP contribution < -0.4 is 31.0 Å². The molecule has 1 atom stereocenters. The molecule has 5 aliphatic rings. The quantitative estimate of drug-likeness (QED) is 0.0638. The third-order valence-electron chi connectivity index (χ3n) is 12.4. The van der Waals surface area contributed by atoms with Crippen LogP contribution in [0.15, 0.2) is 59.8 Å². The lowest BCUT2D eigenvalue weighted by atomic mass is 9.43. The molecule has 2 bridgehead atoms. The van der Waals surface area contributed by atoms with Crippen LogP contribution in [0.25, 0.3) is 21.9 Å². The molecule has 4 aromatic rings. The van der Waals surface area contributed by atoms with Gasteiger partial charge in [0.2, 0.25) is 17.7 Å². The number of benzene rings is 2. The minimum absolute atomic E-state index is 0.0325. The Morgan fingerprint density at radius 1 is 0.969 bits per heavy atom. The summed E-state index contributed by atoms with van der Waals surface area (Å²) in [6.45, 7) is 1.83. The van der Waals surface area contributed by atoms with Crippen molar-refractivity contribution in [3.05, 3.63) is 82.0 Å². The van der Waals surface area contributed by atoms with Crippen molar-refractivity contribution >= 4 is 52.5 Å². The zero-order chi connectivity index (χ0) is 45.8. The molecule has 0 radical (unpaired) electrons. The molecule has 3 aliphatic carbocycles. The van der Waals surface area contributed by atoms with Gasteiger partial charge in [-0.15, -0.1) is 0 Å². The van der Waals surface area contributed by atoms with Crippen molar-refractivity contribution in [3.63, 3.8) is 0 Å². The largest absolute Gasteiger partial charge is 0.496 e. The molecule has 4 N–H and O–H groups in total. The highest BCUT2D eigenvalue weighted by molar-refractivity contribution is 6.25. The molecule has 2 aromatic carbocycles. The first-order valence-electron chi connectivity index (χ1n) is 20.8. The summed E-state index contributed by atoms with van der Waals surface area (Å²) in [5.74, 6) is -0.914. The molecule has 5 amide bonds. The molecule has 2 aromatic heterocycles. The maximum Gasteiger partial charge on any atom is 0.290 e. The summed E-state index contributed by atoms with van der Waals surface area (Å²) >= 11 is 0. The van der Waals surface area contributed by atoms with Crippen LogP contribution in [0.2, 0.25) is 0 Å². The van der Waals surface area contributed by atoms with Gasteiger partial charge in [0.1, 0.15) is 17.5 Å². The first-order valence-corrected chi connectivity index (χ1v) is 20.8. The monoisotopic (exact) mass is 881 g/mol. The van der Waals surface area contributed by atoms with Crippen molar-refractivity contribution in [1.82, 2.24) is 30.0 Å². The normalized spacial score (nSPS) is 20.7. The van der Waals surface area contributed by atoms with Gasteiger partial charge in [0, 0.05) is 73.9 Å². The molecule has 1 saturated heterocycles. The zero-order valence-electron chi connectivity index (χ0n) is 36.1. The van der Waals surface area contributed by atoms with E-state index in [0.29, 0.717) is 55.5 Å². The second-order valence-electron chi connectivity index (χ2n) is 16.4. The summed E-state index contributed by atoms with van der Waals surface area (Å²) in [4.78, 5) is 91.7. The third-order valence-corrected chi connectivity index (χ3v) is 12.4. The van der Waals surface area contributed by atoms with Gasteiger partial charge in [-0.1, -0.05) is 6.07 Å². The number of aromatic nitrogens is 2. The number of anilines is 1. The molecule has 4 heterocycles. The van der Waals surface area contributed by atoms with Gasteiger partial charge in [-0.25, -0.2) is 0 Å². The Hall–Kier alpha value is -6.70. The van der Waals surface area contributed by atoms with Crippen LogP contribution in [0.1, 0.15) is 64.8 Å². The topological polar surface area (TPSA) is 237 Å². The summed E-state index contributed by atoms with van der Waals surface area (Å²) in [6, 6.07) is 9.66. The molecule has 9 rings (SSSR count). The predicted octanol–water partition coefficient (Wildman–Crippen LogP) is 2.48. The van der Waals surface area contributed by atoms with Crippen LogP contribution in [0.4, 0.5) is 5.69 Å². The van der Waals surface area contributed by atoms with Gasteiger partial charge < -0.3 is 39.3 Å². The van der Waals surface area contributed by atoms with Gasteiger partial charge in [-0.3, -0.25) is 53.7 Å². The number of nitrogens with zero attached hydrogens (tertiary/aromatic N) is 4. The molecule has 0 spiro atoms. The molecule has 3 saturated carbocycles. The number of imide groups is 2. The van der Waals surface area contributed by atoms with Crippen LogP contribution in [-0.2, 0) is 42.2 Å². The summed E-state index contributed by atoms with van der Waals surface area (Å²) in [7, 11) is 7.10. The first-order chi connectivity index (χ1) is 30.8. The lowest BCUT2D eigenvalue weighted by Crippen LogP contribution is -2.83. The zero-order valence-corrected chi connectivity index (χ0v) is 36.1. The van der Waals surface area contributed by atoms with E-state index in [1.54, 1.807) is 56.4 Å². The molecule has 1 unspecified atom stereocenters. The van der Waals surface area contributed by atoms with Crippen LogP contribution in [0.3, 0.4) is 0 Å². The predicted molar refractivity (Wildman–Crippen MR) is 231 cm³/mol. The van der Waals surface area contributed by atoms with Crippen LogP contribution in [0, 0.1) is 0 Å². The van der Waals surface area contributed by atoms with Gasteiger partial charge in [0.15, 0.2) is 0 Å². The van der Waals surface area contributed by atoms with Crippen LogP contribution >= 0.6 is 0 Å². The first kappa shape index (κ1) is 45.3. The van der Waals surface area contributed by atoms with Crippen LogP contribution in [-0.4, -0.2) is 132 Å². The molecule has 4 fully saturated rings. The number of methoxy groups -OCH3 is 2. The number of carbonyl (C=O) groups excluding carboxylic acids is 5. The van der Waals surface area contributed by atoms with Crippen molar-refractivity contribution in [2.75, 3.05) is 59.6 Å². The molecule has 2 aliphatic heterocycles. The molecular formula is C45H51N7O12. The number of carboxylic acid groups (broad SMARTS) is 1. The maximum atomic E-state index is 13.3. The average Bonchev–Trinajstić information content (AvgIpc) is 3.51. The lowest BCUT2D eigenvalue weighted by molar-refractivity contribution is -0.179. The number of rotatable bonds is 18. The van der Waals surface area contributed by atoms with Gasteiger partial charge in [-0.2, -0.15) is 0 Å². The lowest BCUT2D eigenvalue weighted by Gasteiger charge is -2.73.